The minimum Gasteiger partial charge on any atom is -0.508 e. The van der Waals surface area contributed by atoms with Gasteiger partial charge in [-0.2, -0.15) is 4.80 Å². The van der Waals surface area contributed by atoms with Crippen LogP contribution in [0.5, 0.6) is 5.75 Å². The molecular weight excluding hydrogens is 298 g/mol. The highest BCUT2D eigenvalue weighted by atomic mass is 16.3. The number of unbranched alkanes of at least 4 members (excludes halogenated alkanes) is 1. The number of nitrogens with zero attached hydrogens (tertiary/aromatic N) is 3. The Morgan fingerprint density at radius 1 is 0.958 bits per heavy atom. The van der Waals surface area contributed by atoms with Crippen LogP contribution in [0.3, 0.4) is 0 Å². The number of aromatic nitrogens is 3. The number of benzene rings is 2. The first kappa shape index (κ1) is 16.5. The van der Waals surface area contributed by atoms with Crippen LogP contribution in [0, 0.1) is 0 Å². The third-order valence-electron chi connectivity index (χ3n) is 4.51. The molecule has 0 saturated carbocycles. The van der Waals surface area contributed by atoms with Crippen molar-refractivity contribution in [2.24, 2.45) is 0 Å². The normalized spacial score (nSPS) is 12.6. The van der Waals surface area contributed by atoms with Gasteiger partial charge in [0, 0.05) is 0 Å². The Balaban J connectivity index is 1.97. The lowest BCUT2D eigenvalue weighted by molar-refractivity contribution is 0.447. The van der Waals surface area contributed by atoms with E-state index in [2.05, 4.69) is 24.0 Å². The molecule has 3 aromatic rings. The lowest BCUT2D eigenvalue weighted by atomic mass is 9.89. The summed E-state index contributed by atoms with van der Waals surface area (Å²) in [5.74, 6) is 0.768. The molecule has 0 fully saturated rings. The molecule has 0 spiro atoms. The summed E-state index contributed by atoms with van der Waals surface area (Å²) in [4.78, 5) is 1.66. The highest BCUT2D eigenvalue weighted by Crippen LogP contribution is 2.34. The number of hydrogen-bond donors (Lipinski definition) is 1. The molecule has 1 heterocycles. The minimum absolute atomic E-state index is 0.380. The Labute approximate surface area is 143 Å². The van der Waals surface area contributed by atoms with Crippen LogP contribution in [-0.2, 0) is 0 Å². The summed E-state index contributed by atoms with van der Waals surface area (Å²) in [7, 11) is 0. The van der Waals surface area contributed by atoms with E-state index in [9.17, 15) is 5.11 Å². The third kappa shape index (κ3) is 3.42. The lowest BCUT2D eigenvalue weighted by Gasteiger charge is -2.18. The maximum atomic E-state index is 10.4. The molecule has 2 aromatic carbocycles. The molecule has 1 unspecified atom stereocenters. The van der Waals surface area contributed by atoms with Gasteiger partial charge in [0.15, 0.2) is 0 Å². The Kier molecular flexibility index (Phi) is 5.14. The van der Waals surface area contributed by atoms with Gasteiger partial charge in [-0.25, -0.2) is 0 Å². The first-order valence-corrected chi connectivity index (χ1v) is 8.88. The smallest absolute Gasteiger partial charge is 0.119 e. The molecule has 4 nitrogen and oxygen atoms in total. The fraction of sp³-hybridized carbons (Fsp3) is 0.400. The van der Waals surface area contributed by atoms with E-state index in [4.69, 9.17) is 0 Å². The van der Waals surface area contributed by atoms with Crippen molar-refractivity contribution in [1.29, 1.82) is 0 Å². The number of phenols is 1. The van der Waals surface area contributed by atoms with Gasteiger partial charge in [0.25, 0.3) is 0 Å². The molecule has 0 radical (unpaired) electrons. The molecule has 1 atom stereocenters. The summed E-state index contributed by atoms with van der Waals surface area (Å²) in [5.41, 5.74) is 3.67. The summed E-state index contributed by atoms with van der Waals surface area (Å²) >= 11 is 0. The summed E-state index contributed by atoms with van der Waals surface area (Å²) in [6, 6.07) is 13.5. The van der Waals surface area contributed by atoms with E-state index < -0.39 is 0 Å². The average molecular weight is 323 g/mol. The van der Waals surface area contributed by atoms with E-state index in [0.717, 1.165) is 41.5 Å². The second-order valence-electron chi connectivity index (χ2n) is 6.35. The van der Waals surface area contributed by atoms with Crippen molar-refractivity contribution >= 4 is 11.0 Å². The zero-order valence-electron chi connectivity index (χ0n) is 14.4. The Morgan fingerprint density at radius 2 is 1.67 bits per heavy atom. The quantitative estimate of drug-likeness (QED) is 0.650. The van der Waals surface area contributed by atoms with Crippen molar-refractivity contribution in [2.75, 3.05) is 0 Å². The summed E-state index contributed by atoms with van der Waals surface area (Å²) in [5, 5.41) is 19.5. The fourth-order valence-electron chi connectivity index (χ4n) is 3.22. The second kappa shape index (κ2) is 7.47. The van der Waals surface area contributed by atoms with Crippen LogP contribution in [0.1, 0.15) is 57.4 Å². The molecule has 4 heteroatoms. The standard InChI is InChI=1S/C20H25N3O/c1-3-5-9-15(8-4-2)17-14-16(12-13-20(17)24)23-21-18-10-6-7-11-19(18)22-23/h6-7,10-15,24H,3-5,8-9H2,1-2H3. The SMILES string of the molecule is CCCCC(CCC)c1cc(-n2nc3ccccc3n2)ccc1O. The van der Waals surface area contributed by atoms with Crippen molar-refractivity contribution in [2.45, 2.75) is 51.9 Å². The molecule has 0 aliphatic carbocycles. The van der Waals surface area contributed by atoms with Crippen LogP contribution in [0.4, 0.5) is 0 Å². The molecule has 0 aliphatic heterocycles. The van der Waals surface area contributed by atoms with Crippen LogP contribution < -0.4 is 0 Å². The van der Waals surface area contributed by atoms with E-state index in [1.165, 1.54) is 12.8 Å². The van der Waals surface area contributed by atoms with Gasteiger partial charge in [-0.3, -0.25) is 0 Å². The predicted molar refractivity (Wildman–Crippen MR) is 97.7 cm³/mol. The van der Waals surface area contributed by atoms with Gasteiger partial charge in [-0.15, -0.1) is 10.2 Å². The van der Waals surface area contributed by atoms with Gasteiger partial charge in [-0.1, -0.05) is 45.2 Å². The Bertz CT molecular complexity index is 777. The summed E-state index contributed by atoms with van der Waals surface area (Å²) in [6.45, 7) is 4.40. The van der Waals surface area contributed by atoms with Gasteiger partial charge < -0.3 is 5.11 Å². The van der Waals surface area contributed by atoms with Crippen LogP contribution in [0.2, 0.25) is 0 Å². The molecule has 0 saturated heterocycles. The number of fused-ring (bicyclic) bond motifs is 1. The zero-order valence-corrected chi connectivity index (χ0v) is 14.4. The van der Waals surface area contributed by atoms with Crippen molar-refractivity contribution in [1.82, 2.24) is 15.0 Å². The largest absolute Gasteiger partial charge is 0.508 e. The van der Waals surface area contributed by atoms with Crippen LogP contribution in [-0.4, -0.2) is 20.1 Å². The molecule has 1 N–H and O–H groups in total. The van der Waals surface area contributed by atoms with Gasteiger partial charge in [0.05, 0.1) is 5.69 Å². The first-order chi connectivity index (χ1) is 11.7. The average Bonchev–Trinajstić information content (AvgIpc) is 3.03. The lowest BCUT2D eigenvalue weighted by Crippen LogP contribution is -2.03. The molecule has 1 aromatic heterocycles. The maximum absolute atomic E-state index is 10.4. The zero-order chi connectivity index (χ0) is 16.9. The Morgan fingerprint density at radius 3 is 2.29 bits per heavy atom. The topological polar surface area (TPSA) is 50.9 Å². The van der Waals surface area contributed by atoms with Crippen molar-refractivity contribution in [3.8, 4) is 11.4 Å². The predicted octanol–water partition coefficient (Wildman–Crippen LogP) is 5.20. The van der Waals surface area contributed by atoms with Crippen molar-refractivity contribution in [3.05, 3.63) is 48.0 Å². The fourth-order valence-corrected chi connectivity index (χ4v) is 3.22. The highest BCUT2D eigenvalue weighted by Gasteiger charge is 2.16. The highest BCUT2D eigenvalue weighted by molar-refractivity contribution is 5.73. The van der Waals surface area contributed by atoms with Crippen molar-refractivity contribution in [3.63, 3.8) is 0 Å². The number of hydrogen-bond acceptors (Lipinski definition) is 3. The van der Waals surface area contributed by atoms with Crippen LogP contribution in [0.25, 0.3) is 16.7 Å². The van der Waals surface area contributed by atoms with Crippen LogP contribution >= 0.6 is 0 Å². The van der Waals surface area contributed by atoms with E-state index in [1.54, 1.807) is 10.9 Å². The first-order valence-electron chi connectivity index (χ1n) is 8.88. The van der Waals surface area contributed by atoms with Gasteiger partial charge in [0.1, 0.15) is 16.8 Å². The molecule has 3 rings (SSSR count). The number of aromatic hydroxyl groups is 1. The van der Waals surface area contributed by atoms with E-state index in [0.29, 0.717) is 11.7 Å². The van der Waals surface area contributed by atoms with E-state index >= 15 is 0 Å². The van der Waals surface area contributed by atoms with Crippen molar-refractivity contribution < 1.29 is 5.11 Å². The van der Waals surface area contributed by atoms with Gasteiger partial charge in [0.2, 0.25) is 0 Å². The van der Waals surface area contributed by atoms with Crippen LogP contribution in [0.15, 0.2) is 42.5 Å². The summed E-state index contributed by atoms with van der Waals surface area (Å²) < 4.78 is 0. The molecule has 24 heavy (non-hydrogen) atoms. The molecule has 0 bridgehead atoms. The molecular formula is C20H25N3O. The number of phenolic OH excluding ortho intramolecular Hbond substituents is 1. The minimum atomic E-state index is 0.380. The molecule has 0 amide bonds. The number of rotatable bonds is 7. The molecule has 126 valence electrons. The Hall–Kier alpha value is -2.36. The van der Waals surface area contributed by atoms with Gasteiger partial charge >= 0.3 is 0 Å². The monoisotopic (exact) mass is 323 g/mol. The van der Waals surface area contributed by atoms with E-state index in [-0.39, 0.29) is 0 Å². The van der Waals surface area contributed by atoms with E-state index in [1.807, 2.05) is 36.4 Å². The summed E-state index contributed by atoms with van der Waals surface area (Å²) in [6.07, 6.45) is 5.66. The molecule has 0 aliphatic rings. The van der Waals surface area contributed by atoms with Gasteiger partial charge in [-0.05, 0) is 54.7 Å². The maximum Gasteiger partial charge on any atom is 0.119 e. The third-order valence-corrected chi connectivity index (χ3v) is 4.51. The second-order valence-corrected chi connectivity index (χ2v) is 6.35.